The van der Waals surface area contributed by atoms with E-state index in [9.17, 15) is 9.18 Å². The van der Waals surface area contributed by atoms with Crippen molar-refractivity contribution in [2.45, 2.75) is 12.3 Å². The van der Waals surface area contributed by atoms with Crippen LogP contribution in [0.2, 0.25) is 0 Å². The van der Waals surface area contributed by atoms with E-state index in [1.54, 1.807) is 12.1 Å². The minimum atomic E-state index is -0.252. The van der Waals surface area contributed by atoms with Gasteiger partial charge < -0.3 is 5.32 Å². The van der Waals surface area contributed by atoms with Gasteiger partial charge in [-0.25, -0.2) is 4.39 Å². The third kappa shape index (κ3) is 2.22. The van der Waals surface area contributed by atoms with Crippen molar-refractivity contribution in [2.24, 2.45) is 5.92 Å². The van der Waals surface area contributed by atoms with E-state index in [4.69, 9.17) is 6.42 Å². The van der Waals surface area contributed by atoms with Crippen LogP contribution >= 0.6 is 0 Å². The molecule has 1 amide bonds. The largest absolute Gasteiger partial charge is 0.345 e. The van der Waals surface area contributed by atoms with Crippen LogP contribution < -0.4 is 5.32 Å². The van der Waals surface area contributed by atoms with Crippen LogP contribution in [0.5, 0.6) is 0 Å². The maximum atomic E-state index is 12.7. The molecule has 0 radical (unpaired) electrons. The molecule has 0 bridgehead atoms. The Morgan fingerprint density at radius 3 is 2.81 bits per heavy atom. The summed E-state index contributed by atoms with van der Waals surface area (Å²) in [5.74, 6) is 2.32. The van der Waals surface area contributed by atoms with Crippen LogP contribution in [0, 0.1) is 24.1 Å². The van der Waals surface area contributed by atoms with Crippen molar-refractivity contribution in [1.82, 2.24) is 5.32 Å². The Kier molecular flexibility index (Phi) is 2.91. The number of carbonyl (C=O) groups is 1. The van der Waals surface area contributed by atoms with E-state index in [0.29, 0.717) is 0 Å². The average molecular weight is 217 g/mol. The van der Waals surface area contributed by atoms with Gasteiger partial charge in [0.15, 0.2) is 0 Å². The van der Waals surface area contributed by atoms with E-state index < -0.39 is 0 Å². The van der Waals surface area contributed by atoms with E-state index in [2.05, 4.69) is 11.2 Å². The van der Waals surface area contributed by atoms with E-state index in [1.165, 1.54) is 12.1 Å². The average Bonchev–Trinajstić information content (AvgIpc) is 3.07. The summed E-state index contributed by atoms with van der Waals surface area (Å²) in [6.07, 6.45) is 5.87. The van der Waals surface area contributed by atoms with Gasteiger partial charge >= 0.3 is 0 Å². The quantitative estimate of drug-likeness (QED) is 0.767. The highest BCUT2D eigenvalue weighted by Crippen LogP contribution is 2.47. The molecule has 0 heterocycles. The van der Waals surface area contributed by atoms with Crippen molar-refractivity contribution in [1.29, 1.82) is 0 Å². The lowest BCUT2D eigenvalue weighted by atomic mass is 10.1. The number of nitrogens with one attached hydrogen (secondary N) is 1. The molecule has 0 aromatic heterocycles. The lowest BCUT2D eigenvalue weighted by Gasteiger charge is -2.01. The Balaban J connectivity index is 1.94. The fourth-order valence-corrected chi connectivity index (χ4v) is 1.83. The number of rotatable bonds is 3. The molecule has 0 aliphatic heterocycles. The fourth-order valence-electron chi connectivity index (χ4n) is 1.83. The van der Waals surface area contributed by atoms with Crippen molar-refractivity contribution in [3.63, 3.8) is 0 Å². The van der Waals surface area contributed by atoms with Crippen LogP contribution in [-0.2, 0) is 4.79 Å². The highest BCUT2D eigenvalue weighted by atomic mass is 19.1. The number of halogens is 1. The maximum absolute atomic E-state index is 12.7. The van der Waals surface area contributed by atoms with Gasteiger partial charge in [-0.3, -0.25) is 4.79 Å². The molecular formula is C13H12FNO. The smallest absolute Gasteiger partial charge is 0.224 e. The topological polar surface area (TPSA) is 29.1 Å². The highest BCUT2D eigenvalue weighted by Gasteiger charge is 2.43. The molecule has 16 heavy (non-hydrogen) atoms. The summed E-state index contributed by atoms with van der Waals surface area (Å²) in [5.41, 5.74) is 1.02. The third-order valence-corrected chi connectivity index (χ3v) is 2.79. The molecule has 0 unspecified atom stereocenters. The third-order valence-electron chi connectivity index (χ3n) is 2.79. The lowest BCUT2D eigenvalue weighted by molar-refractivity contribution is -0.122. The predicted octanol–water partition coefficient (Wildman–Crippen LogP) is 1.68. The predicted molar refractivity (Wildman–Crippen MR) is 59.1 cm³/mol. The SMILES string of the molecule is C#CCNC(=O)[C@H]1C[C@H]1c1ccc(F)cc1. The minimum Gasteiger partial charge on any atom is -0.345 e. The zero-order valence-electron chi connectivity index (χ0n) is 8.74. The van der Waals surface area contributed by atoms with Gasteiger partial charge in [-0.1, -0.05) is 18.1 Å². The second-order valence-corrected chi connectivity index (χ2v) is 3.92. The zero-order valence-corrected chi connectivity index (χ0v) is 8.74. The Bertz CT molecular complexity index is 432. The number of hydrogen-bond donors (Lipinski definition) is 1. The molecule has 1 saturated carbocycles. The van der Waals surface area contributed by atoms with Crippen LogP contribution in [0.25, 0.3) is 0 Å². The van der Waals surface area contributed by atoms with Crippen LogP contribution in [0.3, 0.4) is 0 Å². The number of carbonyl (C=O) groups excluding carboxylic acids is 1. The monoisotopic (exact) mass is 217 g/mol. The Hall–Kier alpha value is -1.82. The molecule has 1 aromatic carbocycles. The van der Waals surface area contributed by atoms with E-state index >= 15 is 0 Å². The molecule has 1 aliphatic carbocycles. The van der Waals surface area contributed by atoms with Crippen LogP contribution in [-0.4, -0.2) is 12.5 Å². The van der Waals surface area contributed by atoms with Crippen molar-refractivity contribution < 1.29 is 9.18 Å². The Morgan fingerprint density at radius 2 is 2.19 bits per heavy atom. The first-order valence-corrected chi connectivity index (χ1v) is 5.19. The molecule has 0 saturated heterocycles. The van der Waals surface area contributed by atoms with Gasteiger partial charge in [0.1, 0.15) is 5.82 Å². The van der Waals surface area contributed by atoms with Crippen molar-refractivity contribution in [3.05, 3.63) is 35.6 Å². The molecule has 1 fully saturated rings. The summed E-state index contributed by atoms with van der Waals surface area (Å²) >= 11 is 0. The summed E-state index contributed by atoms with van der Waals surface area (Å²) in [6, 6.07) is 6.30. The van der Waals surface area contributed by atoms with Crippen LogP contribution in [0.4, 0.5) is 4.39 Å². The second-order valence-electron chi connectivity index (χ2n) is 3.92. The van der Waals surface area contributed by atoms with E-state index in [0.717, 1.165) is 12.0 Å². The molecular weight excluding hydrogens is 205 g/mol. The molecule has 1 N–H and O–H groups in total. The number of terminal acetylenes is 1. The van der Waals surface area contributed by atoms with E-state index in [-0.39, 0.29) is 30.1 Å². The molecule has 1 aliphatic rings. The Morgan fingerprint density at radius 1 is 1.50 bits per heavy atom. The van der Waals surface area contributed by atoms with E-state index in [1.807, 2.05) is 0 Å². The molecule has 2 atom stereocenters. The fraction of sp³-hybridized carbons (Fsp3) is 0.308. The highest BCUT2D eigenvalue weighted by molar-refractivity contribution is 5.83. The second kappa shape index (κ2) is 4.36. The lowest BCUT2D eigenvalue weighted by Crippen LogP contribution is -2.25. The van der Waals surface area contributed by atoms with Crippen molar-refractivity contribution in [3.8, 4) is 12.3 Å². The molecule has 1 aromatic rings. The first-order chi connectivity index (χ1) is 7.72. The van der Waals surface area contributed by atoms with Crippen LogP contribution in [0.1, 0.15) is 17.9 Å². The van der Waals surface area contributed by atoms with Crippen molar-refractivity contribution in [2.75, 3.05) is 6.54 Å². The van der Waals surface area contributed by atoms with Gasteiger partial charge in [0.05, 0.1) is 6.54 Å². The van der Waals surface area contributed by atoms with Crippen LogP contribution in [0.15, 0.2) is 24.3 Å². The number of benzene rings is 1. The van der Waals surface area contributed by atoms with Gasteiger partial charge in [-0.15, -0.1) is 6.42 Å². The number of amides is 1. The molecule has 82 valence electrons. The summed E-state index contributed by atoms with van der Waals surface area (Å²) in [5, 5.41) is 2.66. The first-order valence-electron chi connectivity index (χ1n) is 5.19. The Labute approximate surface area is 93.9 Å². The van der Waals surface area contributed by atoms with Gasteiger partial charge in [-0.05, 0) is 30.0 Å². The first kappa shape index (κ1) is 10.7. The summed E-state index contributed by atoms with van der Waals surface area (Å²) < 4.78 is 12.7. The molecule has 2 rings (SSSR count). The van der Waals surface area contributed by atoms with Gasteiger partial charge in [-0.2, -0.15) is 0 Å². The molecule has 3 heteroatoms. The summed E-state index contributed by atoms with van der Waals surface area (Å²) in [7, 11) is 0. The minimum absolute atomic E-state index is 0.00110. The zero-order chi connectivity index (χ0) is 11.5. The molecule has 2 nitrogen and oxygen atoms in total. The van der Waals surface area contributed by atoms with Gasteiger partial charge in [0.25, 0.3) is 0 Å². The van der Waals surface area contributed by atoms with Gasteiger partial charge in [0, 0.05) is 5.92 Å². The standard InChI is InChI=1S/C13H12FNO/c1-2-7-15-13(16)12-8-11(12)9-3-5-10(14)6-4-9/h1,3-6,11-12H,7-8H2,(H,15,16)/t11-,12-/m0/s1. The van der Waals surface area contributed by atoms with Crippen molar-refractivity contribution >= 4 is 5.91 Å². The molecule has 0 spiro atoms. The van der Waals surface area contributed by atoms with Gasteiger partial charge in [0.2, 0.25) is 5.91 Å². The number of hydrogen-bond acceptors (Lipinski definition) is 1. The maximum Gasteiger partial charge on any atom is 0.224 e. The summed E-state index contributed by atoms with van der Waals surface area (Å²) in [4.78, 5) is 11.5. The normalized spacial score (nSPS) is 22.2. The summed E-state index contributed by atoms with van der Waals surface area (Å²) in [6.45, 7) is 0.269.